The molecule has 24 nitrogen and oxygen atoms in total. The second-order valence-corrected chi connectivity index (χ2v) is 36.8. The number of aliphatic hydroxyl groups is 5. The van der Waals surface area contributed by atoms with Gasteiger partial charge < -0.3 is 79.1 Å². The Morgan fingerprint density at radius 2 is 0.653 bits per heavy atom. The number of amides is 2. The van der Waals surface area contributed by atoms with E-state index < -0.39 is 168 Å². The quantitative estimate of drug-likeness (QED) is 0.0118. The van der Waals surface area contributed by atoms with Crippen LogP contribution in [0.4, 0.5) is 0 Å². The maximum Gasteiger partial charge on any atom is 0.470 e. The molecule has 2 fully saturated rings. The third kappa shape index (κ3) is 60.9. The van der Waals surface area contributed by atoms with E-state index in [-0.39, 0.29) is 25.7 Å². The third-order valence-electron chi connectivity index (χ3n) is 24.1. The summed E-state index contributed by atoms with van der Waals surface area (Å²) in [6.07, 6.45) is 40.7. The lowest BCUT2D eigenvalue weighted by atomic mass is 9.95. The molecule has 25 heteroatoms. The molecule has 2 saturated heterocycles. The van der Waals surface area contributed by atoms with Gasteiger partial charge in [0.1, 0.15) is 48.7 Å². The molecule has 0 aromatic heterocycles. The summed E-state index contributed by atoms with van der Waals surface area (Å²) in [5, 5.41) is 63.3. The SMILES string of the molecule is CCCCCCCCCCCCCC(=O)O[C@H](CCCCCCCCCCC)CC(=O)NC1C(OCC2OC(O)C(NC(=O)C[C@H](O)CCCCCCCCCCC)C(OC(=O)C[C@H](O)CCCCCCCCCCC)C2O)OC(CO)C(OP(=O)(O)O)C1OC(=O)C[C@@H](CCCCCCCCCCC)OC(=O)CCCCCCCCCCCCC. The maximum absolute atomic E-state index is 15.1. The zero-order valence-electron chi connectivity index (χ0n) is 77.3. The van der Waals surface area contributed by atoms with E-state index in [1.807, 2.05) is 0 Å². The number of hydrogen-bond donors (Lipinski definition) is 9. The molecule has 2 rings (SSSR count). The molecule has 0 spiro atoms. The van der Waals surface area contributed by atoms with Crippen LogP contribution in [-0.2, 0) is 71.0 Å². The minimum atomic E-state index is -5.62. The van der Waals surface area contributed by atoms with Crippen molar-refractivity contribution in [3.8, 4) is 0 Å². The average molecular weight is 1750 g/mol. The van der Waals surface area contributed by atoms with Crippen molar-refractivity contribution in [3.63, 3.8) is 0 Å². The standard InChI is InChI=1S/C96H181N2O22P/c1-7-13-19-25-31-37-39-45-51-57-63-69-85(104)114-79(67-61-55-49-43-35-29-23-17-11-5)73-84(103)98-90-94(119-88(107)74-80(68-62-56-50-44-36-30-24-18-12-6)115-86(105)70-64-58-52-46-40-38-32-26-20-14-8-2)92(120-121(110,111)112)81(75-99)117-96(90)113-76-82-91(108)93(118-87(106)72-78(101)66-60-54-48-42-34-28-22-16-10-4)89(95(109)116-82)97-83(102)71-77(100)65-59-53-47-41-33-27-21-15-9-3/h77-82,89-96,99-101,108-109H,7-76H2,1-6H3,(H,97,102)(H,98,103)(H2,110,111,112)/t77-,78-,79-,80-,81?,82?,89?,90?,91?,92?,93?,94?,95?,96?/m1/s1. The lowest BCUT2D eigenvalue weighted by molar-refractivity contribution is -0.298. The van der Waals surface area contributed by atoms with Gasteiger partial charge in [-0.1, -0.05) is 388 Å². The molecule has 2 heterocycles. The van der Waals surface area contributed by atoms with Crippen LogP contribution >= 0.6 is 7.82 Å². The summed E-state index contributed by atoms with van der Waals surface area (Å²) >= 11 is 0. The smallest absolute Gasteiger partial charge is 0.462 e. The van der Waals surface area contributed by atoms with Crippen LogP contribution < -0.4 is 10.6 Å². The van der Waals surface area contributed by atoms with E-state index in [0.717, 1.165) is 199 Å². The van der Waals surface area contributed by atoms with Crippen LogP contribution in [0.3, 0.4) is 0 Å². The molecule has 2 amide bonds. The van der Waals surface area contributed by atoms with Crippen LogP contribution in [0.25, 0.3) is 0 Å². The molecule has 2 aliphatic heterocycles. The summed E-state index contributed by atoms with van der Waals surface area (Å²) in [4.78, 5) is 107. The summed E-state index contributed by atoms with van der Waals surface area (Å²) in [7, 11) is -5.62. The predicted molar refractivity (Wildman–Crippen MR) is 479 cm³/mol. The van der Waals surface area contributed by atoms with Gasteiger partial charge in [0, 0.05) is 12.8 Å². The lowest BCUT2D eigenvalue weighted by Gasteiger charge is -2.46. The summed E-state index contributed by atoms with van der Waals surface area (Å²) in [5.74, 6) is -4.55. The maximum atomic E-state index is 15.1. The van der Waals surface area contributed by atoms with Crippen molar-refractivity contribution in [3.05, 3.63) is 0 Å². The summed E-state index contributed by atoms with van der Waals surface area (Å²) in [6, 6.07) is -3.47. The Hall–Kier alpha value is -3.39. The topological polar surface area (TPSA) is 359 Å². The van der Waals surface area contributed by atoms with E-state index in [4.69, 9.17) is 37.7 Å². The zero-order chi connectivity index (χ0) is 88.6. The molecule has 0 saturated carbocycles. The number of rotatable bonds is 84. The van der Waals surface area contributed by atoms with Crippen molar-refractivity contribution >= 4 is 43.5 Å². The van der Waals surface area contributed by atoms with Crippen molar-refractivity contribution in [2.45, 2.75) is 564 Å². The van der Waals surface area contributed by atoms with E-state index >= 15 is 4.79 Å². The first-order valence-corrected chi connectivity index (χ1v) is 51.5. The van der Waals surface area contributed by atoms with E-state index in [2.05, 4.69) is 52.2 Å². The first-order valence-electron chi connectivity index (χ1n) is 50.0. The van der Waals surface area contributed by atoms with Crippen molar-refractivity contribution in [2.75, 3.05) is 13.2 Å². The molecule has 121 heavy (non-hydrogen) atoms. The van der Waals surface area contributed by atoms with Gasteiger partial charge in [0.2, 0.25) is 11.8 Å². The first-order chi connectivity index (χ1) is 58.6. The number of unbranched alkanes of at least 4 members (excludes halogenated alkanes) is 52. The Labute approximate surface area is 733 Å². The molecule has 0 bridgehead atoms. The van der Waals surface area contributed by atoms with Crippen molar-refractivity contribution in [1.82, 2.24) is 10.6 Å². The van der Waals surface area contributed by atoms with Crippen LogP contribution in [0, 0.1) is 0 Å². The number of phosphoric ester groups is 1. The molecule has 0 aliphatic carbocycles. The van der Waals surface area contributed by atoms with E-state index in [9.17, 15) is 63.9 Å². The molecular weight excluding hydrogens is 1560 g/mol. The molecule has 10 unspecified atom stereocenters. The van der Waals surface area contributed by atoms with Crippen LogP contribution in [0.1, 0.15) is 478 Å². The molecular formula is C96H181N2O22P. The van der Waals surface area contributed by atoms with Gasteiger partial charge in [-0.2, -0.15) is 0 Å². The predicted octanol–water partition coefficient (Wildman–Crippen LogP) is 21.3. The van der Waals surface area contributed by atoms with E-state index in [0.29, 0.717) is 51.4 Å². The first kappa shape index (κ1) is 114. The van der Waals surface area contributed by atoms with E-state index in [1.165, 1.54) is 135 Å². The highest BCUT2D eigenvalue weighted by Crippen LogP contribution is 2.43. The van der Waals surface area contributed by atoms with Crippen LogP contribution in [0.5, 0.6) is 0 Å². The molecule has 0 radical (unpaired) electrons. The summed E-state index contributed by atoms with van der Waals surface area (Å²) < 4.78 is 61.9. The highest BCUT2D eigenvalue weighted by Gasteiger charge is 2.54. The molecule has 2 aliphatic rings. The van der Waals surface area contributed by atoms with Crippen molar-refractivity contribution in [1.29, 1.82) is 0 Å². The third-order valence-corrected chi connectivity index (χ3v) is 24.6. The normalized spacial score (nSPS) is 20.4. The van der Waals surface area contributed by atoms with E-state index in [1.54, 1.807) is 0 Å². The van der Waals surface area contributed by atoms with Gasteiger partial charge >= 0.3 is 31.7 Å². The molecule has 0 aromatic carbocycles. The number of nitrogens with one attached hydrogen (secondary N) is 2. The fraction of sp³-hybridized carbons (Fsp3) is 0.938. The Balaban J connectivity index is 2.73. The Kier molecular flexibility index (Phi) is 72.0. The Bertz CT molecular complexity index is 2550. The van der Waals surface area contributed by atoms with Crippen molar-refractivity contribution < 1.29 is 106 Å². The van der Waals surface area contributed by atoms with Gasteiger partial charge in [0.25, 0.3) is 0 Å². The van der Waals surface area contributed by atoms with Gasteiger partial charge in [-0.05, 0) is 51.4 Å². The number of hydrogen-bond acceptors (Lipinski definition) is 20. The second-order valence-electron chi connectivity index (χ2n) is 35.7. The second kappa shape index (κ2) is 76.6. The van der Waals surface area contributed by atoms with Crippen LogP contribution in [0.2, 0.25) is 0 Å². The largest absolute Gasteiger partial charge is 0.470 e. The summed E-state index contributed by atoms with van der Waals surface area (Å²) in [5.41, 5.74) is 0. The fourth-order valence-corrected chi connectivity index (χ4v) is 17.3. The monoisotopic (exact) mass is 1750 g/mol. The highest BCUT2D eigenvalue weighted by atomic mass is 31.2. The number of aliphatic hydroxyl groups excluding tert-OH is 5. The fourth-order valence-electron chi connectivity index (χ4n) is 16.7. The summed E-state index contributed by atoms with van der Waals surface area (Å²) in [6.45, 7) is 11.3. The molecule has 14 atom stereocenters. The molecule has 9 N–H and O–H groups in total. The minimum Gasteiger partial charge on any atom is -0.462 e. The van der Waals surface area contributed by atoms with Gasteiger partial charge in [0.15, 0.2) is 24.8 Å². The average Bonchev–Trinajstić information content (AvgIpc) is 0.777. The van der Waals surface area contributed by atoms with Gasteiger partial charge in [-0.3, -0.25) is 33.3 Å². The zero-order valence-corrected chi connectivity index (χ0v) is 78.2. The van der Waals surface area contributed by atoms with Crippen LogP contribution in [0.15, 0.2) is 0 Å². The minimum absolute atomic E-state index is 0.111. The van der Waals surface area contributed by atoms with Crippen LogP contribution in [-0.4, -0.2) is 170 Å². The lowest BCUT2D eigenvalue weighted by Crippen LogP contribution is -2.68. The van der Waals surface area contributed by atoms with Gasteiger partial charge in [0.05, 0.1) is 51.1 Å². The van der Waals surface area contributed by atoms with Crippen molar-refractivity contribution in [2.24, 2.45) is 0 Å². The van der Waals surface area contributed by atoms with Gasteiger partial charge in [-0.25, -0.2) is 4.57 Å². The number of ether oxygens (including phenoxy) is 7. The Morgan fingerprint density at radius 1 is 0.347 bits per heavy atom. The Morgan fingerprint density at radius 3 is 1.02 bits per heavy atom. The number of phosphoric acid groups is 1. The number of carbonyl (C=O) groups is 6. The van der Waals surface area contributed by atoms with Gasteiger partial charge in [-0.15, -0.1) is 0 Å². The highest BCUT2D eigenvalue weighted by molar-refractivity contribution is 7.46. The molecule has 0 aromatic rings. The molecule has 712 valence electrons. The number of esters is 4. The number of carbonyl (C=O) groups excluding carboxylic acids is 6.